The normalized spacial score (nSPS) is 10.2. The first-order valence-electron chi connectivity index (χ1n) is 4.84. The number of carbonyl (C=O) groups is 1. The van der Waals surface area contributed by atoms with Gasteiger partial charge >= 0.3 is 5.97 Å². The third-order valence-corrected chi connectivity index (χ3v) is 2.34. The van der Waals surface area contributed by atoms with Crippen molar-refractivity contribution in [3.63, 3.8) is 0 Å². The number of rotatable bonds is 2. The summed E-state index contributed by atoms with van der Waals surface area (Å²) in [7, 11) is 1.21. The first-order valence-corrected chi connectivity index (χ1v) is 4.84. The van der Waals surface area contributed by atoms with Crippen molar-refractivity contribution in [1.29, 1.82) is 0 Å². The number of furan rings is 1. The molecule has 1 heterocycles. The molecule has 0 aliphatic rings. The molecule has 0 saturated heterocycles. The number of esters is 1. The highest BCUT2D eigenvalue weighted by Gasteiger charge is 2.16. The molecule has 88 valence electrons. The Labute approximate surface area is 96.8 Å². The molecule has 1 aromatic carbocycles. The molecule has 2 N–H and O–H groups in total. The van der Waals surface area contributed by atoms with Crippen LogP contribution in [-0.2, 0) is 4.74 Å². The van der Waals surface area contributed by atoms with Crippen LogP contribution in [0.1, 0.15) is 10.4 Å². The SMILES string of the molecule is COC(=O)c1cc(-c2ccco2)cc(F)c1N. The molecule has 0 aliphatic carbocycles. The molecule has 0 spiro atoms. The Morgan fingerprint density at radius 3 is 2.82 bits per heavy atom. The van der Waals surface area contributed by atoms with Crippen molar-refractivity contribution in [1.82, 2.24) is 0 Å². The summed E-state index contributed by atoms with van der Waals surface area (Å²) in [5, 5.41) is 0. The van der Waals surface area contributed by atoms with Gasteiger partial charge in [-0.1, -0.05) is 0 Å². The van der Waals surface area contributed by atoms with Gasteiger partial charge < -0.3 is 14.9 Å². The van der Waals surface area contributed by atoms with Gasteiger partial charge in [-0.2, -0.15) is 0 Å². The molecule has 2 aromatic rings. The van der Waals surface area contributed by atoms with Crippen molar-refractivity contribution >= 4 is 11.7 Å². The van der Waals surface area contributed by atoms with Crippen molar-refractivity contribution in [2.45, 2.75) is 0 Å². The molecule has 0 radical (unpaired) electrons. The highest BCUT2D eigenvalue weighted by molar-refractivity contribution is 5.96. The predicted octanol–water partition coefficient (Wildman–Crippen LogP) is 2.45. The standard InChI is InChI=1S/C12H10FNO3/c1-16-12(15)8-5-7(6-9(13)11(8)14)10-3-2-4-17-10/h2-6H,14H2,1H3. The van der Waals surface area contributed by atoms with Crippen molar-refractivity contribution in [2.75, 3.05) is 12.8 Å². The van der Waals surface area contributed by atoms with Gasteiger partial charge in [-0.05, 0) is 24.3 Å². The van der Waals surface area contributed by atoms with Gasteiger partial charge in [-0.15, -0.1) is 0 Å². The van der Waals surface area contributed by atoms with Crippen molar-refractivity contribution in [2.24, 2.45) is 0 Å². The second kappa shape index (κ2) is 4.29. The number of halogens is 1. The smallest absolute Gasteiger partial charge is 0.340 e. The number of hydrogen-bond donors (Lipinski definition) is 1. The van der Waals surface area contributed by atoms with E-state index in [4.69, 9.17) is 10.2 Å². The van der Waals surface area contributed by atoms with Crippen molar-refractivity contribution in [3.8, 4) is 11.3 Å². The maximum absolute atomic E-state index is 13.6. The van der Waals surface area contributed by atoms with Crippen LogP contribution in [0.4, 0.5) is 10.1 Å². The van der Waals surface area contributed by atoms with Gasteiger partial charge in [0.05, 0.1) is 24.6 Å². The molecule has 5 heteroatoms. The molecule has 4 nitrogen and oxygen atoms in total. The Morgan fingerprint density at radius 2 is 2.24 bits per heavy atom. The van der Waals surface area contributed by atoms with Gasteiger partial charge in [0.1, 0.15) is 11.6 Å². The lowest BCUT2D eigenvalue weighted by molar-refractivity contribution is 0.0601. The van der Waals surface area contributed by atoms with E-state index in [-0.39, 0.29) is 11.3 Å². The summed E-state index contributed by atoms with van der Waals surface area (Å²) in [6.45, 7) is 0. The minimum absolute atomic E-state index is 0.0149. The Bertz CT molecular complexity index is 549. The maximum Gasteiger partial charge on any atom is 0.340 e. The third kappa shape index (κ3) is 1.99. The highest BCUT2D eigenvalue weighted by atomic mass is 19.1. The maximum atomic E-state index is 13.6. The van der Waals surface area contributed by atoms with E-state index < -0.39 is 11.8 Å². The van der Waals surface area contributed by atoms with E-state index >= 15 is 0 Å². The van der Waals surface area contributed by atoms with Crippen LogP contribution >= 0.6 is 0 Å². The lowest BCUT2D eigenvalue weighted by Gasteiger charge is -2.07. The van der Waals surface area contributed by atoms with Crippen LogP contribution in [-0.4, -0.2) is 13.1 Å². The molecule has 0 bridgehead atoms. The lowest BCUT2D eigenvalue weighted by Crippen LogP contribution is -2.07. The first kappa shape index (κ1) is 11.2. The lowest BCUT2D eigenvalue weighted by atomic mass is 10.1. The zero-order valence-corrected chi connectivity index (χ0v) is 9.07. The Hall–Kier alpha value is -2.30. The Morgan fingerprint density at radius 1 is 1.47 bits per heavy atom. The third-order valence-electron chi connectivity index (χ3n) is 2.34. The molecule has 0 unspecified atom stereocenters. The second-order valence-corrected chi connectivity index (χ2v) is 3.39. The fourth-order valence-electron chi connectivity index (χ4n) is 1.48. The van der Waals surface area contributed by atoms with Gasteiger partial charge in [0.2, 0.25) is 0 Å². The summed E-state index contributed by atoms with van der Waals surface area (Å²) in [5.41, 5.74) is 5.66. The number of methoxy groups -OCH3 is 1. The van der Waals surface area contributed by atoms with Crippen LogP contribution in [0.5, 0.6) is 0 Å². The van der Waals surface area contributed by atoms with Crippen LogP contribution < -0.4 is 5.73 Å². The quantitative estimate of drug-likeness (QED) is 0.641. The molecule has 1 aromatic heterocycles. The average Bonchev–Trinajstić information content (AvgIpc) is 2.85. The summed E-state index contributed by atoms with van der Waals surface area (Å²) in [4.78, 5) is 11.4. The van der Waals surface area contributed by atoms with E-state index in [1.807, 2.05) is 0 Å². The van der Waals surface area contributed by atoms with E-state index in [2.05, 4.69) is 4.74 Å². The monoisotopic (exact) mass is 235 g/mol. The van der Waals surface area contributed by atoms with Gasteiger partial charge in [-0.25, -0.2) is 9.18 Å². The topological polar surface area (TPSA) is 65.5 Å². The van der Waals surface area contributed by atoms with E-state index in [0.717, 1.165) is 0 Å². The summed E-state index contributed by atoms with van der Waals surface area (Å²) in [6.07, 6.45) is 1.46. The number of anilines is 1. The number of nitrogen functional groups attached to an aromatic ring is 1. The molecular formula is C12H10FNO3. The molecule has 2 rings (SSSR count). The Balaban J connectivity index is 2.57. The van der Waals surface area contributed by atoms with Crippen LogP contribution in [0, 0.1) is 5.82 Å². The summed E-state index contributed by atoms with van der Waals surface area (Å²) in [5.74, 6) is -0.914. The highest BCUT2D eigenvalue weighted by Crippen LogP contribution is 2.27. The summed E-state index contributed by atoms with van der Waals surface area (Å²) >= 11 is 0. The van der Waals surface area contributed by atoms with E-state index in [0.29, 0.717) is 11.3 Å². The molecular weight excluding hydrogens is 225 g/mol. The van der Waals surface area contributed by atoms with E-state index in [1.54, 1.807) is 12.1 Å². The van der Waals surface area contributed by atoms with E-state index in [1.165, 1.54) is 25.5 Å². The summed E-state index contributed by atoms with van der Waals surface area (Å²) in [6, 6.07) is 5.97. The molecule has 0 atom stereocenters. The van der Waals surface area contributed by atoms with Crippen LogP contribution in [0.25, 0.3) is 11.3 Å². The largest absolute Gasteiger partial charge is 0.465 e. The number of ether oxygens (including phenoxy) is 1. The van der Waals surface area contributed by atoms with Gasteiger partial charge in [-0.3, -0.25) is 0 Å². The molecule has 0 aliphatic heterocycles. The summed E-state index contributed by atoms with van der Waals surface area (Å²) < 4.78 is 23.2. The fraction of sp³-hybridized carbons (Fsp3) is 0.0833. The predicted molar refractivity (Wildman–Crippen MR) is 59.9 cm³/mol. The minimum atomic E-state index is -0.685. The fourth-order valence-corrected chi connectivity index (χ4v) is 1.48. The molecule has 0 fully saturated rings. The van der Waals surface area contributed by atoms with Crippen molar-refractivity contribution in [3.05, 3.63) is 41.9 Å². The second-order valence-electron chi connectivity index (χ2n) is 3.39. The number of nitrogens with two attached hydrogens (primary N) is 1. The Kier molecular flexibility index (Phi) is 2.82. The van der Waals surface area contributed by atoms with Crippen LogP contribution in [0.3, 0.4) is 0 Å². The van der Waals surface area contributed by atoms with E-state index in [9.17, 15) is 9.18 Å². The average molecular weight is 235 g/mol. The molecule has 0 amide bonds. The van der Waals surface area contributed by atoms with Gasteiger partial charge in [0.25, 0.3) is 0 Å². The number of hydrogen-bond acceptors (Lipinski definition) is 4. The molecule has 0 saturated carbocycles. The van der Waals surface area contributed by atoms with Gasteiger partial charge in [0.15, 0.2) is 0 Å². The van der Waals surface area contributed by atoms with Crippen molar-refractivity contribution < 1.29 is 18.3 Å². The molecule has 17 heavy (non-hydrogen) atoms. The van der Waals surface area contributed by atoms with Gasteiger partial charge in [0, 0.05) is 5.56 Å². The zero-order chi connectivity index (χ0) is 12.4. The number of carbonyl (C=O) groups excluding carboxylic acids is 1. The minimum Gasteiger partial charge on any atom is -0.465 e. The first-order chi connectivity index (χ1) is 8.13. The van der Waals surface area contributed by atoms with Crippen LogP contribution in [0.15, 0.2) is 34.9 Å². The number of benzene rings is 1. The zero-order valence-electron chi connectivity index (χ0n) is 9.07. The van der Waals surface area contributed by atoms with Crippen LogP contribution in [0.2, 0.25) is 0 Å².